The Balaban J connectivity index is 1.17. The molecule has 6 aromatic rings. The smallest absolute Gasteiger partial charge is 0.446 e. The molecule has 8 atom stereocenters. The Morgan fingerprint density at radius 1 is 0.471 bits per heavy atom. The van der Waals surface area contributed by atoms with Gasteiger partial charge < -0.3 is 83.2 Å². The molecule has 0 aliphatic heterocycles. The Hall–Kier alpha value is -11.6. The van der Waals surface area contributed by atoms with E-state index in [1.807, 2.05) is 0 Å². The number of phenols is 1. The summed E-state index contributed by atoms with van der Waals surface area (Å²) in [6.45, 7) is 1.89. The van der Waals surface area contributed by atoms with Gasteiger partial charge >= 0.3 is 28.3 Å². The van der Waals surface area contributed by atoms with Crippen molar-refractivity contribution in [2.75, 3.05) is 13.1 Å². The SMILES string of the molecule is CCCC[C@H](NC(=O)[C@H](Cc1ccc(OS(=O)(=O)O)cc1)NC(=O)[C@H](CC(=O)O)NC(=O)CNC(=O)[C@H](N)Cc1ccc(O)cc1)C(=O)NCC(=O)N[C@@H](Cc1c[nH]c2ccccc12)C(=O)N[C@@H](CCCC)C(=O)N[C@@H](CC(=O)O)C(=O)N[C@@H](Cc1ccc(C(=O)c2ccccc2)cc1)C(=O)O. The normalized spacial score (nSPS) is 13.5. The highest BCUT2D eigenvalue weighted by atomic mass is 32.3. The van der Waals surface area contributed by atoms with Gasteiger partial charge in [-0.1, -0.05) is 137 Å². The number of fused-ring (bicyclic) bond motifs is 1. The van der Waals surface area contributed by atoms with E-state index in [0.29, 0.717) is 51.6 Å². The highest BCUT2D eigenvalue weighted by Gasteiger charge is 2.35. The number of nitrogens with two attached hydrogens (primary N) is 1. The van der Waals surface area contributed by atoms with Crippen LogP contribution in [0, 0.1) is 0 Å². The average molecular weight is 1430 g/mol. The molecule has 1 aromatic heterocycles. The van der Waals surface area contributed by atoms with Crippen molar-refractivity contribution in [1.82, 2.24) is 52.8 Å². The Labute approximate surface area is 585 Å². The molecule has 9 amide bonds. The van der Waals surface area contributed by atoms with E-state index in [2.05, 4.69) is 57.0 Å². The Morgan fingerprint density at radius 3 is 1.44 bits per heavy atom. The summed E-state index contributed by atoms with van der Waals surface area (Å²) in [5, 5.41) is 61.8. The van der Waals surface area contributed by atoms with Gasteiger partial charge in [-0.2, -0.15) is 8.42 Å². The van der Waals surface area contributed by atoms with E-state index in [0.717, 1.165) is 12.1 Å². The van der Waals surface area contributed by atoms with Gasteiger partial charge in [0.05, 0.1) is 32.0 Å². The van der Waals surface area contributed by atoms with Crippen molar-refractivity contribution in [3.05, 3.63) is 167 Å². The predicted octanol–water partition coefficient (Wildman–Crippen LogP) is 0.924. The molecular formula is C69H81N11O21S. The van der Waals surface area contributed by atoms with E-state index in [9.17, 15) is 95.7 Å². The zero-order valence-corrected chi connectivity index (χ0v) is 56.3. The van der Waals surface area contributed by atoms with Crippen LogP contribution in [-0.4, -0.2) is 177 Å². The van der Waals surface area contributed by atoms with E-state index in [1.165, 1.54) is 60.7 Å². The van der Waals surface area contributed by atoms with Crippen molar-refractivity contribution in [2.45, 2.75) is 139 Å². The second-order valence-corrected chi connectivity index (χ2v) is 24.8. The van der Waals surface area contributed by atoms with Crippen LogP contribution in [0.15, 0.2) is 134 Å². The number of para-hydroxylation sites is 1. The fourth-order valence-corrected chi connectivity index (χ4v) is 10.9. The fourth-order valence-electron chi connectivity index (χ4n) is 10.5. The summed E-state index contributed by atoms with van der Waals surface area (Å²) in [6, 6.07) is 18.9. The molecule has 32 nitrogen and oxygen atoms in total. The van der Waals surface area contributed by atoms with E-state index in [4.69, 9.17) is 5.73 Å². The van der Waals surface area contributed by atoms with Gasteiger partial charge in [-0.15, -0.1) is 0 Å². The molecule has 0 radical (unpaired) electrons. The summed E-state index contributed by atoms with van der Waals surface area (Å²) in [4.78, 5) is 178. The fraction of sp³-hybridized carbons (Fsp3) is 0.348. The molecule has 0 fully saturated rings. The summed E-state index contributed by atoms with van der Waals surface area (Å²) in [5.74, 6) is -14.7. The number of phenolic OH excluding ortho intramolecular Hbond substituents is 1. The molecule has 1 heterocycles. The van der Waals surface area contributed by atoms with E-state index in [-0.39, 0.29) is 67.8 Å². The number of carbonyl (C=O) groups is 13. The first-order valence-corrected chi connectivity index (χ1v) is 33.7. The molecule has 544 valence electrons. The quantitative estimate of drug-likeness (QED) is 0.0187. The number of aromatic hydroxyl groups is 1. The first-order chi connectivity index (χ1) is 48.5. The zero-order chi connectivity index (χ0) is 74.6. The van der Waals surface area contributed by atoms with Gasteiger partial charge in [-0.25, -0.2) is 4.79 Å². The van der Waals surface area contributed by atoms with Crippen molar-refractivity contribution in [3.63, 3.8) is 0 Å². The van der Waals surface area contributed by atoms with Gasteiger partial charge in [0.2, 0.25) is 53.2 Å². The van der Waals surface area contributed by atoms with Crippen LogP contribution in [0.4, 0.5) is 0 Å². The summed E-state index contributed by atoms with van der Waals surface area (Å²) in [6.07, 6.45) is -0.235. The lowest BCUT2D eigenvalue weighted by Gasteiger charge is -2.26. The molecule has 0 unspecified atom stereocenters. The molecule has 0 aliphatic carbocycles. The minimum Gasteiger partial charge on any atom is -0.508 e. The van der Waals surface area contributed by atoms with Crippen LogP contribution in [0.1, 0.15) is 103 Å². The number of aromatic nitrogens is 1. The maximum Gasteiger partial charge on any atom is 0.446 e. The number of carbonyl (C=O) groups excluding carboxylic acids is 10. The third-order valence-electron chi connectivity index (χ3n) is 15.8. The highest BCUT2D eigenvalue weighted by Crippen LogP contribution is 2.21. The number of hydrogen-bond acceptors (Lipinski definition) is 18. The highest BCUT2D eigenvalue weighted by molar-refractivity contribution is 7.81. The molecule has 5 aromatic carbocycles. The molecule has 0 saturated carbocycles. The largest absolute Gasteiger partial charge is 0.508 e. The molecule has 0 spiro atoms. The second kappa shape index (κ2) is 38.7. The Kier molecular flexibility index (Phi) is 30.1. The van der Waals surface area contributed by atoms with Crippen molar-refractivity contribution in [1.29, 1.82) is 0 Å². The third-order valence-corrected chi connectivity index (χ3v) is 16.2. The second-order valence-electron chi connectivity index (χ2n) is 23.8. The lowest BCUT2D eigenvalue weighted by molar-refractivity contribution is -0.144. The van der Waals surface area contributed by atoms with E-state index < -0.39 is 162 Å². The number of hydrogen-bond donors (Lipinski definition) is 16. The summed E-state index contributed by atoms with van der Waals surface area (Å²) < 4.78 is 36.5. The lowest BCUT2D eigenvalue weighted by Crippen LogP contribution is -2.59. The van der Waals surface area contributed by atoms with Crippen LogP contribution in [-0.2, 0) is 93.6 Å². The van der Waals surface area contributed by atoms with Crippen LogP contribution in [0.25, 0.3) is 10.9 Å². The van der Waals surface area contributed by atoms with Crippen molar-refractivity contribution < 1.29 is 99.9 Å². The molecule has 6 rings (SSSR count). The molecule has 0 bridgehead atoms. The number of carboxylic acid groups (broad SMARTS) is 3. The maximum absolute atomic E-state index is 14.6. The predicted molar refractivity (Wildman–Crippen MR) is 365 cm³/mol. The van der Waals surface area contributed by atoms with Crippen LogP contribution in [0.3, 0.4) is 0 Å². The Morgan fingerprint density at radius 2 is 0.892 bits per heavy atom. The number of benzene rings is 5. The molecule has 102 heavy (non-hydrogen) atoms. The minimum absolute atomic E-state index is 0.00723. The number of amides is 9. The summed E-state index contributed by atoms with van der Waals surface area (Å²) in [5.41, 5.74) is 9.01. The van der Waals surface area contributed by atoms with E-state index >= 15 is 0 Å². The van der Waals surface area contributed by atoms with Gasteiger partial charge in [0.1, 0.15) is 53.8 Å². The molecule has 33 heteroatoms. The van der Waals surface area contributed by atoms with Crippen LogP contribution in [0.2, 0.25) is 0 Å². The Bertz CT molecular complexity index is 4080. The van der Waals surface area contributed by atoms with Gasteiger partial charge in [0.15, 0.2) is 5.78 Å². The molecule has 17 N–H and O–H groups in total. The maximum atomic E-state index is 14.6. The monoisotopic (exact) mass is 1430 g/mol. The standard InChI is InChI=1S/C69H81N11O21S/c1-3-5-15-50(76-65(92)52(31-41-22-28-46(29-23-41)101-102(98,99)100)78-67(94)54(34-59(84)85)75-57(82)37-72-62(89)48(70)30-39-20-26-45(81)27-21-39)63(90)73-38-58(83)74-53(33-44-36-71-49-17-11-10-14-47(44)49)66(93)77-51(16-6-4-2)64(91)79-55(35-60(86)87)68(95)80-56(69(96)97)32-40-18-24-43(25-19-40)61(88)42-12-8-7-9-13-42/h7-14,17-29,36,48,50-56,71,81H,3-6,15-16,30-35,37-38,70H2,1-2H3,(H,72,89)(H,73,90)(H,74,83)(H,75,82)(H,76,92)(H,77,93)(H,78,94)(H,79,91)(H,80,95)(H,84,85)(H,86,87)(H,96,97)(H,98,99,100)/t48-,50+,51+,52+,53+,54+,55+,56+/m1/s1. The van der Waals surface area contributed by atoms with Crippen molar-refractivity contribution >= 4 is 98.2 Å². The van der Waals surface area contributed by atoms with Crippen LogP contribution >= 0.6 is 0 Å². The van der Waals surface area contributed by atoms with Gasteiger partial charge in [-0.3, -0.25) is 62.1 Å². The topological polar surface area (TPSA) is 517 Å². The summed E-state index contributed by atoms with van der Waals surface area (Å²) >= 11 is 0. The lowest BCUT2D eigenvalue weighted by atomic mass is 9.99. The van der Waals surface area contributed by atoms with Gasteiger partial charge in [-0.05, 0) is 71.8 Å². The number of rotatable bonds is 41. The number of ketones is 1. The first kappa shape index (κ1) is 79.4. The zero-order valence-electron chi connectivity index (χ0n) is 55.5. The van der Waals surface area contributed by atoms with Crippen molar-refractivity contribution in [2.24, 2.45) is 5.73 Å². The third kappa shape index (κ3) is 25.9. The summed E-state index contributed by atoms with van der Waals surface area (Å²) in [7, 11) is -4.98. The molecule has 0 saturated heterocycles. The van der Waals surface area contributed by atoms with Crippen molar-refractivity contribution in [3.8, 4) is 11.5 Å². The first-order valence-electron chi connectivity index (χ1n) is 32.3. The number of carboxylic acids is 3. The van der Waals surface area contributed by atoms with Gasteiger partial charge in [0.25, 0.3) is 0 Å². The average Bonchev–Trinajstić information content (AvgIpc) is 1.63. The van der Waals surface area contributed by atoms with Gasteiger partial charge in [0, 0.05) is 47.5 Å². The number of unbranched alkanes of at least 4 members (excludes halogenated alkanes) is 2. The van der Waals surface area contributed by atoms with E-state index in [1.54, 1.807) is 74.6 Å². The number of H-pyrrole nitrogens is 1. The van der Waals surface area contributed by atoms with Crippen LogP contribution in [0.5, 0.6) is 11.5 Å². The number of aromatic amines is 1. The molecular weight excluding hydrogens is 1350 g/mol. The molecule has 0 aliphatic rings. The number of nitrogens with one attached hydrogen (secondary N) is 10. The number of aliphatic carboxylic acids is 3. The van der Waals surface area contributed by atoms with Crippen LogP contribution < -0.4 is 57.8 Å². The minimum atomic E-state index is -4.98.